The number of pyridine rings is 1. The first-order valence-corrected chi connectivity index (χ1v) is 9.49. The third-order valence-electron chi connectivity index (χ3n) is 4.33. The lowest BCUT2D eigenvalue weighted by molar-refractivity contribution is -0.119. The molecule has 3 aromatic rings. The highest BCUT2D eigenvalue weighted by Gasteiger charge is 2.23. The maximum absolute atomic E-state index is 12.9. The predicted octanol–water partition coefficient (Wildman–Crippen LogP) is 3.87. The highest BCUT2D eigenvalue weighted by atomic mass is 32.1. The van der Waals surface area contributed by atoms with E-state index < -0.39 is 6.04 Å². The van der Waals surface area contributed by atoms with Crippen LogP contribution in [0.2, 0.25) is 0 Å². The summed E-state index contributed by atoms with van der Waals surface area (Å²) < 4.78 is 1.57. The first kappa shape index (κ1) is 18.3. The Hall–Kier alpha value is -2.54. The third kappa shape index (κ3) is 3.39. The summed E-state index contributed by atoms with van der Waals surface area (Å²) >= 11 is 1.36. The Kier molecular flexibility index (Phi) is 5.18. The van der Waals surface area contributed by atoms with Crippen molar-refractivity contribution >= 4 is 33.3 Å². The summed E-state index contributed by atoms with van der Waals surface area (Å²) in [5, 5.41) is 13.2. The van der Waals surface area contributed by atoms with Gasteiger partial charge in [0.15, 0.2) is 0 Å². The molecule has 0 spiro atoms. The SMILES string of the molecule is CCC(C(=O)Nc1nnc(C(C)C)s1)n1c(=O)cc(C)c2ccccc21. The molecule has 7 heteroatoms. The van der Waals surface area contributed by atoms with Crippen LogP contribution in [0.5, 0.6) is 0 Å². The van der Waals surface area contributed by atoms with Gasteiger partial charge in [-0.25, -0.2) is 0 Å². The Morgan fingerprint density at radius 2 is 2.00 bits per heavy atom. The number of amides is 1. The lowest BCUT2D eigenvalue weighted by Gasteiger charge is -2.20. The van der Waals surface area contributed by atoms with Crippen molar-refractivity contribution in [1.82, 2.24) is 14.8 Å². The van der Waals surface area contributed by atoms with Gasteiger partial charge in [0.2, 0.25) is 11.0 Å². The van der Waals surface area contributed by atoms with E-state index in [4.69, 9.17) is 0 Å². The molecule has 0 saturated heterocycles. The van der Waals surface area contributed by atoms with Gasteiger partial charge in [-0.05, 0) is 25.0 Å². The number of fused-ring (bicyclic) bond motifs is 1. The fourth-order valence-corrected chi connectivity index (χ4v) is 3.73. The molecule has 0 aliphatic heterocycles. The summed E-state index contributed by atoms with van der Waals surface area (Å²) in [6.07, 6.45) is 0.495. The number of hydrogen-bond donors (Lipinski definition) is 1. The van der Waals surface area contributed by atoms with E-state index >= 15 is 0 Å². The largest absolute Gasteiger partial charge is 0.299 e. The standard InChI is InChI=1S/C19H22N4O2S/c1-5-14(17(25)20-19-22-21-18(26-19)11(2)3)23-15-9-7-6-8-13(15)12(4)10-16(23)24/h6-11,14H,5H2,1-4H3,(H,20,22,25). The normalized spacial score (nSPS) is 12.5. The lowest BCUT2D eigenvalue weighted by Crippen LogP contribution is -2.33. The quantitative estimate of drug-likeness (QED) is 0.739. The molecule has 0 aliphatic carbocycles. The molecule has 3 rings (SSSR count). The fraction of sp³-hybridized carbons (Fsp3) is 0.368. The number of nitrogens with zero attached hydrogens (tertiary/aromatic N) is 3. The van der Waals surface area contributed by atoms with Gasteiger partial charge in [-0.1, -0.05) is 50.3 Å². The van der Waals surface area contributed by atoms with Gasteiger partial charge in [0, 0.05) is 17.4 Å². The van der Waals surface area contributed by atoms with Crippen LogP contribution in [0.25, 0.3) is 10.9 Å². The molecular formula is C19H22N4O2S. The molecule has 0 radical (unpaired) electrons. The van der Waals surface area contributed by atoms with Gasteiger partial charge in [0.25, 0.3) is 5.56 Å². The molecule has 0 bridgehead atoms. The Morgan fingerprint density at radius 1 is 1.27 bits per heavy atom. The van der Waals surface area contributed by atoms with Crippen molar-refractivity contribution in [3.05, 3.63) is 51.3 Å². The molecule has 136 valence electrons. The van der Waals surface area contributed by atoms with Gasteiger partial charge in [0.1, 0.15) is 11.0 Å². The smallest absolute Gasteiger partial charge is 0.252 e. The van der Waals surface area contributed by atoms with Crippen molar-refractivity contribution in [3.63, 3.8) is 0 Å². The van der Waals surface area contributed by atoms with Gasteiger partial charge >= 0.3 is 0 Å². The van der Waals surface area contributed by atoms with Crippen LogP contribution in [-0.4, -0.2) is 20.7 Å². The number of carbonyl (C=O) groups excluding carboxylic acids is 1. The van der Waals surface area contributed by atoms with E-state index in [-0.39, 0.29) is 17.4 Å². The summed E-state index contributed by atoms with van der Waals surface area (Å²) in [4.78, 5) is 25.5. The number of rotatable bonds is 5. The van der Waals surface area contributed by atoms with Crippen LogP contribution in [0.1, 0.15) is 49.7 Å². The Morgan fingerprint density at radius 3 is 2.65 bits per heavy atom. The molecule has 1 atom stereocenters. The molecule has 2 aromatic heterocycles. The number of aryl methyl sites for hydroxylation is 1. The van der Waals surface area contributed by atoms with Crippen LogP contribution in [0.15, 0.2) is 35.1 Å². The summed E-state index contributed by atoms with van der Waals surface area (Å²) in [5.41, 5.74) is 1.49. The minimum atomic E-state index is -0.612. The second-order valence-electron chi connectivity index (χ2n) is 6.57. The second-order valence-corrected chi connectivity index (χ2v) is 7.58. The lowest BCUT2D eigenvalue weighted by atomic mass is 10.1. The summed E-state index contributed by atoms with van der Waals surface area (Å²) in [6.45, 7) is 7.85. The molecule has 6 nitrogen and oxygen atoms in total. The summed E-state index contributed by atoms with van der Waals surface area (Å²) in [7, 11) is 0. The van der Waals surface area contributed by atoms with Gasteiger partial charge < -0.3 is 0 Å². The zero-order chi connectivity index (χ0) is 18.8. The number of aromatic nitrogens is 3. The van der Waals surface area contributed by atoms with E-state index in [1.54, 1.807) is 10.6 Å². The molecule has 1 unspecified atom stereocenters. The van der Waals surface area contributed by atoms with Crippen LogP contribution >= 0.6 is 11.3 Å². The monoisotopic (exact) mass is 370 g/mol. The fourth-order valence-electron chi connectivity index (χ4n) is 2.98. The van der Waals surface area contributed by atoms with E-state index in [1.807, 2.05) is 52.0 Å². The van der Waals surface area contributed by atoms with Gasteiger partial charge in [-0.3, -0.25) is 19.5 Å². The molecule has 2 heterocycles. The van der Waals surface area contributed by atoms with Crippen molar-refractivity contribution < 1.29 is 4.79 Å². The summed E-state index contributed by atoms with van der Waals surface area (Å²) in [5.74, 6) is -0.00107. The summed E-state index contributed by atoms with van der Waals surface area (Å²) in [6, 6.07) is 8.62. The zero-order valence-corrected chi connectivity index (χ0v) is 16.1. The maximum Gasteiger partial charge on any atom is 0.252 e. The highest BCUT2D eigenvalue weighted by Crippen LogP contribution is 2.25. The Bertz CT molecular complexity index is 1010. The van der Waals surface area contributed by atoms with Gasteiger partial charge in [-0.2, -0.15) is 0 Å². The average Bonchev–Trinajstić information content (AvgIpc) is 3.07. The molecule has 26 heavy (non-hydrogen) atoms. The topological polar surface area (TPSA) is 76.9 Å². The number of benzene rings is 1. The molecule has 1 aromatic carbocycles. The number of carbonyl (C=O) groups is 1. The first-order chi connectivity index (χ1) is 12.4. The minimum absolute atomic E-state index is 0.177. The molecule has 1 amide bonds. The highest BCUT2D eigenvalue weighted by molar-refractivity contribution is 7.15. The number of para-hydroxylation sites is 1. The van der Waals surface area contributed by atoms with Crippen molar-refractivity contribution in [2.45, 2.75) is 46.1 Å². The van der Waals surface area contributed by atoms with Crippen molar-refractivity contribution in [2.75, 3.05) is 5.32 Å². The molecule has 0 aliphatic rings. The predicted molar refractivity (Wildman–Crippen MR) is 105 cm³/mol. The van der Waals surface area contributed by atoms with E-state index in [9.17, 15) is 9.59 Å². The average molecular weight is 370 g/mol. The van der Waals surface area contributed by atoms with Gasteiger partial charge in [-0.15, -0.1) is 10.2 Å². The van der Waals surface area contributed by atoms with E-state index in [2.05, 4.69) is 15.5 Å². The maximum atomic E-state index is 12.9. The van der Waals surface area contributed by atoms with Crippen molar-refractivity contribution in [1.29, 1.82) is 0 Å². The Balaban J connectivity index is 1.99. The second kappa shape index (κ2) is 7.37. The molecule has 0 saturated carbocycles. The molecule has 0 fully saturated rings. The van der Waals surface area contributed by atoms with Crippen LogP contribution in [-0.2, 0) is 4.79 Å². The molecule has 1 N–H and O–H groups in total. The number of hydrogen-bond acceptors (Lipinski definition) is 5. The van der Waals surface area contributed by atoms with Crippen molar-refractivity contribution in [2.24, 2.45) is 0 Å². The van der Waals surface area contributed by atoms with E-state index in [0.717, 1.165) is 21.5 Å². The number of nitrogens with one attached hydrogen (secondary N) is 1. The van der Waals surface area contributed by atoms with Crippen LogP contribution in [0, 0.1) is 6.92 Å². The van der Waals surface area contributed by atoms with Crippen LogP contribution in [0.4, 0.5) is 5.13 Å². The van der Waals surface area contributed by atoms with E-state index in [0.29, 0.717) is 11.6 Å². The first-order valence-electron chi connectivity index (χ1n) is 8.67. The Labute approximate surface area is 155 Å². The van der Waals surface area contributed by atoms with Gasteiger partial charge in [0.05, 0.1) is 5.52 Å². The van der Waals surface area contributed by atoms with Crippen LogP contribution in [0.3, 0.4) is 0 Å². The van der Waals surface area contributed by atoms with Crippen molar-refractivity contribution in [3.8, 4) is 0 Å². The zero-order valence-electron chi connectivity index (χ0n) is 15.3. The van der Waals surface area contributed by atoms with E-state index in [1.165, 1.54) is 11.3 Å². The third-order valence-corrected chi connectivity index (χ3v) is 5.47. The molecular weight excluding hydrogens is 348 g/mol. The minimum Gasteiger partial charge on any atom is -0.299 e. The van der Waals surface area contributed by atoms with Crippen LogP contribution < -0.4 is 10.9 Å². The number of anilines is 1.